The fourth-order valence-electron chi connectivity index (χ4n) is 2.03. The van der Waals surface area contributed by atoms with Gasteiger partial charge in [0, 0.05) is 5.39 Å². The molecule has 0 saturated heterocycles. The summed E-state index contributed by atoms with van der Waals surface area (Å²) in [5.41, 5.74) is 7.32. The van der Waals surface area contributed by atoms with Crippen molar-refractivity contribution in [2.24, 2.45) is 5.73 Å². The topological polar surface area (TPSA) is 38.9 Å². The summed E-state index contributed by atoms with van der Waals surface area (Å²) in [6.45, 7) is 0. The molecule has 1 heterocycles. The predicted octanol–water partition coefficient (Wildman–Crippen LogP) is 2.63. The zero-order valence-corrected chi connectivity index (χ0v) is 8.68. The fraction of sp³-hybridized carbons (Fsp3) is 0.364. The molecular weight excluding hydrogens is 192 g/mol. The first-order valence-electron chi connectivity index (χ1n) is 4.93. The third-order valence-electron chi connectivity index (χ3n) is 3.08. The van der Waals surface area contributed by atoms with Crippen molar-refractivity contribution in [1.29, 1.82) is 0 Å². The SMILES string of the molecule is NC1(c2snc3ccccc23)CCC1. The molecule has 1 aromatic heterocycles. The van der Waals surface area contributed by atoms with E-state index in [-0.39, 0.29) is 5.54 Å². The maximum atomic E-state index is 6.31. The van der Waals surface area contributed by atoms with E-state index >= 15 is 0 Å². The molecule has 0 aliphatic heterocycles. The van der Waals surface area contributed by atoms with Crippen molar-refractivity contribution in [1.82, 2.24) is 4.37 Å². The maximum absolute atomic E-state index is 6.31. The highest BCUT2D eigenvalue weighted by molar-refractivity contribution is 7.07. The highest BCUT2D eigenvalue weighted by Crippen LogP contribution is 2.43. The lowest BCUT2D eigenvalue weighted by Crippen LogP contribution is -2.42. The first-order valence-corrected chi connectivity index (χ1v) is 5.71. The Hall–Kier alpha value is -0.930. The monoisotopic (exact) mass is 204 g/mol. The van der Waals surface area contributed by atoms with Crippen LogP contribution in [0.4, 0.5) is 0 Å². The molecule has 2 nitrogen and oxygen atoms in total. The Labute approximate surface area is 86.9 Å². The smallest absolute Gasteiger partial charge is 0.0844 e. The van der Waals surface area contributed by atoms with E-state index in [0.717, 1.165) is 18.4 Å². The number of hydrogen-bond donors (Lipinski definition) is 1. The standard InChI is InChI=1S/C11H12N2S/c12-11(6-3-7-11)10-8-4-1-2-5-9(8)13-14-10/h1-2,4-5H,3,6-7,12H2. The van der Waals surface area contributed by atoms with Crippen LogP contribution in [0, 0.1) is 0 Å². The zero-order valence-electron chi connectivity index (χ0n) is 7.86. The molecule has 1 aliphatic carbocycles. The van der Waals surface area contributed by atoms with Crippen molar-refractivity contribution in [2.45, 2.75) is 24.8 Å². The van der Waals surface area contributed by atoms with Crippen molar-refractivity contribution in [3.05, 3.63) is 29.1 Å². The van der Waals surface area contributed by atoms with E-state index in [2.05, 4.69) is 22.6 Å². The number of aromatic nitrogens is 1. The van der Waals surface area contributed by atoms with Gasteiger partial charge in [0.15, 0.2) is 0 Å². The van der Waals surface area contributed by atoms with Crippen molar-refractivity contribution >= 4 is 22.4 Å². The molecule has 0 amide bonds. The highest BCUT2D eigenvalue weighted by Gasteiger charge is 2.37. The number of hydrogen-bond acceptors (Lipinski definition) is 3. The van der Waals surface area contributed by atoms with E-state index in [4.69, 9.17) is 5.73 Å². The summed E-state index contributed by atoms with van der Waals surface area (Å²) in [5.74, 6) is 0. The lowest BCUT2D eigenvalue weighted by atomic mass is 9.76. The normalized spacial score (nSPS) is 19.5. The second kappa shape index (κ2) is 2.78. The molecule has 0 unspecified atom stereocenters. The van der Waals surface area contributed by atoms with E-state index in [1.165, 1.54) is 16.7 Å². The Morgan fingerprint density at radius 3 is 2.79 bits per heavy atom. The number of nitrogens with zero attached hydrogens (tertiary/aromatic N) is 1. The second-order valence-corrected chi connectivity index (χ2v) is 4.81. The molecule has 1 fully saturated rings. The van der Waals surface area contributed by atoms with E-state index in [9.17, 15) is 0 Å². The van der Waals surface area contributed by atoms with Gasteiger partial charge in [-0.05, 0) is 36.9 Å². The van der Waals surface area contributed by atoms with Crippen LogP contribution >= 0.6 is 11.5 Å². The summed E-state index contributed by atoms with van der Waals surface area (Å²) in [6.07, 6.45) is 3.47. The van der Waals surface area contributed by atoms with E-state index in [0.29, 0.717) is 0 Å². The number of fused-ring (bicyclic) bond motifs is 1. The second-order valence-electron chi connectivity index (χ2n) is 4.04. The molecule has 0 atom stereocenters. The van der Waals surface area contributed by atoms with Crippen LogP contribution in [0.25, 0.3) is 10.9 Å². The first kappa shape index (κ1) is 8.38. The van der Waals surface area contributed by atoms with Gasteiger partial charge in [-0.15, -0.1) is 0 Å². The maximum Gasteiger partial charge on any atom is 0.0844 e. The molecule has 1 aromatic carbocycles. The zero-order chi connectivity index (χ0) is 9.60. The van der Waals surface area contributed by atoms with Crippen LogP contribution in [0.2, 0.25) is 0 Å². The van der Waals surface area contributed by atoms with Gasteiger partial charge >= 0.3 is 0 Å². The van der Waals surface area contributed by atoms with Gasteiger partial charge in [-0.1, -0.05) is 18.2 Å². The third kappa shape index (κ3) is 1.03. The Morgan fingerprint density at radius 1 is 1.29 bits per heavy atom. The van der Waals surface area contributed by atoms with Gasteiger partial charge in [0.1, 0.15) is 0 Å². The summed E-state index contributed by atoms with van der Waals surface area (Å²) < 4.78 is 4.43. The molecule has 1 aliphatic rings. The highest BCUT2D eigenvalue weighted by atomic mass is 32.1. The van der Waals surface area contributed by atoms with Crippen LogP contribution in [0.1, 0.15) is 24.1 Å². The van der Waals surface area contributed by atoms with Gasteiger partial charge in [-0.25, -0.2) is 0 Å². The summed E-state index contributed by atoms with van der Waals surface area (Å²) in [6, 6.07) is 8.26. The minimum atomic E-state index is -0.0687. The fourth-order valence-corrected chi connectivity index (χ4v) is 3.04. The molecule has 3 heteroatoms. The average molecular weight is 204 g/mol. The van der Waals surface area contributed by atoms with Crippen molar-refractivity contribution in [3.8, 4) is 0 Å². The predicted molar refractivity (Wildman–Crippen MR) is 59.3 cm³/mol. The van der Waals surface area contributed by atoms with Gasteiger partial charge in [0.2, 0.25) is 0 Å². The Balaban J connectivity index is 2.22. The number of rotatable bonds is 1. The quantitative estimate of drug-likeness (QED) is 0.775. The molecular formula is C11H12N2S. The van der Waals surface area contributed by atoms with Crippen LogP contribution in [0.3, 0.4) is 0 Å². The van der Waals surface area contributed by atoms with Gasteiger partial charge in [-0.3, -0.25) is 0 Å². The Kier molecular flexibility index (Phi) is 1.66. The van der Waals surface area contributed by atoms with Gasteiger partial charge in [-0.2, -0.15) is 4.37 Å². The van der Waals surface area contributed by atoms with Crippen LogP contribution in [0.15, 0.2) is 24.3 Å². The van der Waals surface area contributed by atoms with Crippen molar-refractivity contribution in [3.63, 3.8) is 0 Å². The lowest BCUT2D eigenvalue weighted by Gasteiger charge is -2.37. The third-order valence-corrected chi connectivity index (χ3v) is 4.18. The molecule has 3 rings (SSSR count). The Bertz CT molecular complexity index is 471. The molecule has 1 saturated carbocycles. The number of benzene rings is 1. The largest absolute Gasteiger partial charge is 0.321 e. The van der Waals surface area contributed by atoms with Crippen LogP contribution in [-0.2, 0) is 5.54 Å². The minimum absolute atomic E-state index is 0.0687. The van der Waals surface area contributed by atoms with Crippen LogP contribution < -0.4 is 5.73 Å². The molecule has 0 bridgehead atoms. The minimum Gasteiger partial charge on any atom is -0.321 e. The summed E-state index contributed by atoms with van der Waals surface area (Å²) in [7, 11) is 0. The van der Waals surface area contributed by atoms with Crippen LogP contribution in [-0.4, -0.2) is 4.37 Å². The molecule has 0 radical (unpaired) electrons. The summed E-state index contributed by atoms with van der Waals surface area (Å²) in [4.78, 5) is 1.28. The number of nitrogens with two attached hydrogens (primary N) is 1. The van der Waals surface area contributed by atoms with Gasteiger partial charge in [0.25, 0.3) is 0 Å². The molecule has 2 aromatic rings. The van der Waals surface area contributed by atoms with Crippen LogP contribution in [0.5, 0.6) is 0 Å². The lowest BCUT2D eigenvalue weighted by molar-refractivity contribution is 0.261. The molecule has 14 heavy (non-hydrogen) atoms. The summed E-state index contributed by atoms with van der Waals surface area (Å²) >= 11 is 1.57. The molecule has 0 spiro atoms. The van der Waals surface area contributed by atoms with Gasteiger partial charge < -0.3 is 5.73 Å². The average Bonchev–Trinajstić information content (AvgIpc) is 2.58. The first-order chi connectivity index (χ1) is 6.80. The van der Waals surface area contributed by atoms with E-state index < -0.39 is 0 Å². The Morgan fingerprint density at radius 2 is 2.07 bits per heavy atom. The summed E-state index contributed by atoms with van der Waals surface area (Å²) in [5, 5.41) is 1.25. The van der Waals surface area contributed by atoms with E-state index in [1.807, 2.05) is 6.07 Å². The van der Waals surface area contributed by atoms with Gasteiger partial charge in [0.05, 0.1) is 15.9 Å². The van der Waals surface area contributed by atoms with E-state index in [1.54, 1.807) is 11.5 Å². The van der Waals surface area contributed by atoms with Crippen molar-refractivity contribution < 1.29 is 0 Å². The molecule has 2 N–H and O–H groups in total. The van der Waals surface area contributed by atoms with Crippen molar-refractivity contribution in [2.75, 3.05) is 0 Å². The molecule has 72 valence electrons.